The van der Waals surface area contributed by atoms with E-state index in [4.69, 9.17) is 9.84 Å². The summed E-state index contributed by atoms with van der Waals surface area (Å²) in [6.45, 7) is 6.68. The summed E-state index contributed by atoms with van der Waals surface area (Å²) in [4.78, 5) is 23.3. The van der Waals surface area contributed by atoms with E-state index in [1.54, 1.807) is 0 Å². The molecule has 3 rings (SSSR count). The van der Waals surface area contributed by atoms with Gasteiger partial charge in [0.1, 0.15) is 5.60 Å². The van der Waals surface area contributed by atoms with E-state index in [0.717, 1.165) is 12.3 Å². The molecule has 4 heteroatoms. The third-order valence-corrected chi connectivity index (χ3v) is 5.34. The number of carboxylic acids is 1. The molecular weight excluding hydrogens is 256 g/mol. The van der Waals surface area contributed by atoms with Crippen molar-refractivity contribution in [3.63, 3.8) is 0 Å². The molecular formula is C16H26O4. The largest absolute Gasteiger partial charge is 0.480 e. The Balaban J connectivity index is 2.07. The molecule has 0 aromatic heterocycles. The summed E-state index contributed by atoms with van der Waals surface area (Å²) in [5, 5.41) is 9.12. The minimum Gasteiger partial charge on any atom is -0.480 e. The molecule has 1 unspecified atom stereocenters. The first-order valence-electron chi connectivity index (χ1n) is 7.61. The van der Waals surface area contributed by atoms with Crippen molar-refractivity contribution < 1.29 is 19.4 Å². The topological polar surface area (TPSA) is 63.6 Å². The highest BCUT2D eigenvalue weighted by Gasteiger charge is 2.48. The first-order chi connectivity index (χ1) is 9.14. The van der Waals surface area contributed by atoms with Gasteiger partial charge in [-0.25, -0.2) is 0 Å². The predicted molar refractivity (Wildman–Crippen MR) is 75.1 cm³/mol. The number of ether oxygens (including phenoxy) is 1. The maximum absolute atomic E-state index is 12.2. The number of carbonyl (C=O) groups excluding carboxylic acids is 1. The second-order valence-corrected chi connectivity index (χ2v) is 7.55. The zero-order valence-electron chi connectivity index (χ0n) is 12.9. The molecule has 4 nitrogen and oxygen atoms in total. The normalized spacial score (nSPS) is 30.1. The second kappa shape index (κ2) is 5.05. The van der Waals surface area contributed by atoms with Crippen LogP contribution in [0.25, 0.3) is 0 Å². The number of esters is 1. The SMILES string of the molecule is CC(C)(C(=O)O)C(=O)OC(C)(C)C1CC2CCC1CC2. The molecule has 0 radical (unpaired) electrons. The van der Waals surface area contributed by atoms with Crippen LogP contribution in [-0.4, -0.2) is 22.6 Å². The van der Waals surface area contributed by atoms with Crippen LogP contribution in [0.15, 0.2) is 0 Å². The van der Waals surface area contributed by atoms with Crippen LogP contribution in [0.3, 0.4) is 0 Å². The molecule has 0 saturated heterocycles. The van der Waals surface area contributed by atoms with Crippen molar-refractivity contribution in [2.24, 2.45) is 23.2 Å². The van der Waals surface area contributed by atoms with E-state index >= 15 is 0 Å². The van der Waals surface area contributed by atoms with E-state index in [2.05, 4.69) is 0 Å². The first-order valence-corrected chi connectivity index (χ1v) is 7.61. The van der Waals surface area contributed by atoms with Gasteiger partial charge >= 0.3 is 11.9 Å². The van der Waals surface area contributed by atoms with Gasteiger partial charge in [0.15, 0.2) is 5.41 Å². The van der Waals surface area contributed by atoms with E-state index < -0.39 is 23.0 Å². The van der Waals surface area contributed by atoms with Gasteiger partial charge in [0.05, 0.1) is 0 Å². The van der Waals surface area contributed by atoms with Crippen LogP contribution < -0.4 is 0 Å². The highest BCUT2D eigenvalue weighted by molar-refractivity contribution is 5.98. The Bertz CT molecular complexity index is 403. The van der Waals surface area contributed by atoms with E-state index in [0.29, 0.717) is 11.8 Å². The highest BCUT2D eigenvalue weighted by atomic mass is 16.6. The number of hydrogen-bond donors (Lipinski definition) is 1. The Morgan fingerprint density at radius 3 is 2.00 bits per heavy atom. The Hall–Kier alpha value is -1.06. The molecule has 1 atom stereocenters. The lowest BCUT2D eigenvalue weighted by Crippen LogP contribution is -2.49. The Morgan fingerprint density at radius 2 is 1.60 bits per heavy atom. The number of carbonyl (C=O) groups is 2. The van der Waals surface area contributed by atoms with Crippen molar-refractivity contribution in [1.82, 2.24) is 0 Å². The Kier molecular flexibility index (Phi) is 3.87. The van der Waals surface area contributed by atoms with Crippen LogP contribution in [-0.2, 0) is 14.3 Å². The lowest BCUT2D eigenvalue weighted by atomic mass is 9.60. The molecule has 3 aliphatic rings. The van der Waals surface area contributed by atoms with Crippen LogP contribution in [0.2, 0.25) is 0 Å². The van der Waals surface area contributed by atoms with E-state index in [9.17, 15) is 9.59 Å². The van der Waals surface area contributed by atoms with Gasteiger partial charge in [0.25, 0.3) is 0 Å². The molecule has 3 saturated carbocycles. The smallest absolute Gasteiger partial charge is 0.323 e. The van der Waals surface area contributed by atoms with Gasteiger partial charge in [-0.2, -0.15) is 0 Å². The quantitative estimate of drug-likeness (QED) is 0.635. The lowest BCUT2D eigenvalue weighted by molar-refractivity contribution is -0.184. The molecule has 3 aliphatic carbocycles. The summed E-state index contributed by atoms with van der Waals surface area (Å²) in [6, 6.07) is 0. The summed E-state index contributed by atoms with van der Waals surface area (Å²) in [5.74, 6) is -0.0188. The molecule has 0 heterocycles. The van der Waals surface area contributed by atoms with Crippen molar-refractivity contribution >= 4 is 11.9 Å². The molecule has 3 fully saturated rings. The molecule has 20 heavy (non-hydrogen) atoms. The fourth-order valence-corrected chi connectivity index (χ4v) is 3.76. The highest BCUT2D eigenvalue weighted by Crippen LogP contribution is 2.50. The predicted octanol–water partition coefficient (Wildman–Crippen LogP) is 3.25. The molecule has 0 aliphatic heterocycles. The second-order valence-electron chi connectivity index (χ2n) is 7.55. The first kappa shape index (κ1) is 15.3. The summed E-state index contributed by atoms with van der Waals surface area (Å²) in [7, 11) is 0. The van der Waals surface area contributed by atoms with Gasteiger partial charge in [-0.15, -0.1) is 0 Å². The summed E-state index contributed by atoms with van der Waals surface area (Å²) in [5.41, 5.74) is -2.06. The summed E-state index contributed by atoms with van der Waals surface area (Å²) in [6.07, 6.45) is 6.15. The van der Waals surface area contributed by atoms with E-state index in [1.807, 2.05) is 13.8 Å². The molecule has 2 bridgehead atoms. The molecule has 0 amide bonds. The number of hydrogen-bond acceptors (Lipinski definition) is 3. The van der Waals surface area contributed by atoms with Crippen LogP contribution in [0.1, 0.15) is 59.8 Å². The fraction of sp³-hybridized carbons (Fsp3) is 0.875. The van der Waals surface area contributed by atoms with E-state index in [1.165, 1.54) is 39.5 Å². The summed E-state index contributed by atoms with van der Waals surface area (Å²) < 4.78 is 5.64. The van der Waals surface area contributed by atoms with Crippen molar-refractivity contribution in [2.45, 2.75) is 65.4 Å². The Labute approximate surface area is 120 Å². The van der Waals surface area contributed by atoms with Crippen molar-refractivity contribution in [2.75, 3.05) is 0 Å². The third kappa shape index (κ3) is 2.70. The maximum atomic E-state index is 12.2. The van der Waals surface area contributed by atoms with Gasteiger partial charge in [-0.05, 0) is 58.8 Å². The standard InChI is InChI=1S/C16H26O4/c1-15(2,13(17)18)14(19)20-16(3,4)12-9-10-5-7-11(12)8-6-10/h10-12H,5-9H2,1-4H3,(H,17,18). The number of aliphatic carboxylic acids is 1. The fourth-order valence-electron chi connectivity index (χ4n) is 3.76. The number of fused-ring (bicyclic) bond motifs is 3. The van der Waals surface area contributed by atoms with Crippen molar-refractivity contribution in [1.29, 1.82) is 0 Å². The van der Waals surface area contributed by atoms with Crippen LogP contribution in [0.4, 0.5) is 0 Å². The summed E-state index contributed by atoms with van der Waals surface area (Å²) >= 11 is 0. The third-order valence-electron chi connectivity index (χ3n) is 5.34. The van der Waals surface area contributed by atoms with Gasteiger partial charge in [0.2, 0.25) is 0 Å². The van der Waals surface area contributed by atoms with Crippen LogP contribution in [0.5, 0.6) is 0 Å². The zero-order valence-corrected chi connectivity index (χ0v) is 12.9. The monoisotopic (exact) mass is 282 g/mol. The maximum Gasteiger partial charge on any atom is 0.323 e. The van der Waals surface area contributed by atoms with Gasteiger partial charge in [-0.3, -0.25) is 9.59 Å². The number of carboxylic acid groups (broad SMARTS) is 1. The molecule has 0 aromatic rings. The molecule has 114 valence electrons. The zero-order chi connectivity index (χ0) is 15.1. The minimum absolute atomic E-state index is 0.364. The van der Waals surface area contributed by atoms with Crippen LogP contribution in [0, 0.1) is 23.2 Å². The van der Waals surface area contributed by atoms with Gasteiger partial charge in [-0.1, -0.05) is 12.8 Å². The Morgan fingerprint density at radius 1 is 1.05 bits per heavy atom. The minimum atomic E-state index is -1.48. The van der Waals surface area contributed by atoms with Gasteiger partial charge in [0, 0.05) is 5.92 Å². The van der Waals surface area contributed by atoms with Gasteiger partial charge < -0.3 is 9.84 Å². The molecule has 0 spiro atoms. The molecule has 0 aromatic carbocycles. The molecule has 1 N–H and O–H groups in total. The lowest BCUT2D eigenvalue weighted by Gasteiger charge is -2.49. The van der Waals surface area contributed by atoms with Crippen LogP contribution >= 0.6 is 0 Å². The average molecular weight is 282 g/mol. The van der Waals surface area contributed by atoms with Crippen molar-refractivity contribution in [3.8, 4) is 0 Å². The van der Waals surface area contributed by atoms with Crippen molar-refractivity contribution in [3.05, 3.63) is 0 Å². The van der Waals surface area contributed by atoms with E-state index in [-0.39, 0.29) is 0 Å². The number of rotatable bonds is 4. The average Bonchev–Trinajstić information content (AvgIpc) is 2.39.